The highest BCUT2D eigenvalue weighted by atomic mass is 16.6. The molecule has 2 saturated heterocycles. The molecule has 2 heterocycles. The summed E-state index contributed by atoms with van der Waals surface area (Å²) in [6.45, 7) is 17.8. The number of aliphatic hydroxyl groups is 1. The Bertz CT molecular complexity index is 1330. The minimum atomic E-state index is -0.866. The number of alkyl carbamates (subject to hydrolysis) is 1. The van der Waals surface area contributed by atoms with Gasteiger partial charge in [0.2, 0.25) is 0 Å². The molecule has 3 N–H and O–H groups in total. The van der Waals surface area contributed by atoms with Gasteiger partial charge in [0.25, 0.3) is 0 Å². The molecule has 5 saturated carbocycles. The molecule has 276 valence electrons. The number of likely N-dealkylation sites (tertiary alicyclic amines) is 1. The van der Waals surface area contributed by atoms with Crippen LogP contribution in [0.2, 0.25) is 0 Å². The van der Waals surface area contributed by atoms with Crippen LogP contribution in [0, 0.1) is 56.7 Å². The Hall–Kier alpha value is -2.07. The fraction of sp³-hybridized carbons (Fsp3) is 0.923. The van der Waals surface area contributed by atoms with E-state index in [0.717, 1.165) is 58.0 Å². The van der Waals surface area contributed by atoms with Gasteiger partial charge < -0.3 is 34.6 Å². The van der Waals surface area contributed by atoms with Crippen molar-refractivity contribution in [1.82, 2.24) is 10.2 Å². The van der Waals surface area contributed by atoms with Gasteiger partial charge in [-0.2, -0.15) is 0 Å². The first kappa shape index (κ1) is 35.3. The smallest absolute Gasteiger partial charge is 0.410 e. The lowest BCUT2D eigenvalue weighted by molar-refractivity contribution is -0.185. The van der Waals surface area contributed by atoms with Crippen LogP contribution in [0.15, 0.2) is 0 Å². The molecule has 0 aromatic rings. The number of fused-ring (bicyclic) bond motifs is 4. The van der Waals surface area contributed by atoms with Crippen molar-refractivity contribution >= 4 is 18.2 Å². The summed E-state index contributed by atoms with van der Waals surface area (Å²) in [4.78, 5) is 38.3. The van der Waals surface area contributed by atoms with Gasteiger partial charge >= 0.3 is 18.2 Å². The van der Waals surface area contributed by atoms with Crippen LogP contribution in [0.4, 0.5) is 9.59 Å². The van der Waals surface area contributed by atoms with E-state index in [1.54, 1.807) is 4.90 Å². The van der Waals surface area contributed by atoms with Gasteiger partial charge in [0, 0.05) is 36.9 Å². The number of carboxylic acid groups (broad SMARTS) is 1. The Balaban J connectivity index is 1.08. The van der Waals surface area contributed by atoms with E-state index in [-0.39, 0.29) is 75.8 Å². The highest BCUT2D eigenvalue weighted by Crippen LogP contribution is 2.89. The van der Waals surface area contributed by atoms with Crippen molar-refractivity contribution in [1.29, 1.82) is 0 Å². The lowest BCUT2D eigenvalue weighted by Crippen LogP contribution is -2.60. The molecule has 7 unspecified atom stereocenters. The topological polar surface area (TPSA) is 135 Å². The second-order valence-corrected chi connectivity index (χ2v) is 18.8. The summed E-state index contributed by atoms with van der Waals surface area (Å²) in [5.41, 5.74) is -0.121. The van der Waals surface area contributed by atoms with Crippen molar-refractivity contribution in [3.63, 3.8) is 0 Å². The van der Waals surface area contributed by atoms with Crippen LogP contribution in [0.3, 0.4) is 0 Å². The van der Waals surface area contributed by atoms with Crippen molar-refractivity contribution < 1.29 is 38.8 Å². The number of aliphatic carboxylic acids is 1. The first-order valence-corrected chi connectivity index (χ1v) is 19.5. The predicted molar refractivity (Wildman–Crippen MR) is 183 cm³/mol. The molecule has 10 heteroatoms. The van der Waals surface area contributed by atoms with Crippen LogP contribution in [-0.4, -0.2) is 83.4 Å². The van der Waals surface area contributed by atoms with Gasteiger partial charge in [0.15, 0.2) is 0 Å². The van der Waals surface area contributed by atoms with Crippen molar-refractivity contribution in [2.45, 2.75) is 150 Å². The molecule has 7 fully saturated rings. The van der Waals surface area contributed by atoms with Crippen molar-refractivity contribution in [3.8, 4) is 0 Å². The van der Waals surface area contributed by atoms with Gasteiger partial charge in [-0.3, -0.25) is 4.79 Å². The maximum Gasteiger partial charge on any atom is 0.410 e. The average molecular weight is 687 g/mol. The molecule has 0 aromatic carbocycles. The van der Waals surface area contributed by atoms with Crippen LogP contribution in [0.5, 0.6) is 0 Å². The highest BCUT2D eigenvalue weighted by Gasteiger charge is 2.84. The molecule has 0 radical (unpaired) electrons. The van der Waals surface area contributed by atoms with E-state index in [1.165, 1.54) is 12.8 Å². The molecule has 2 spiro atoms. The van der Waals surface area contributed by atoms with E-state index >= 15 is 0 Å². The third-order valence-corrected chi connectivity index (χ3v) is 16.2. The normalized spacial score (nSPS) is 46.5. The van der Waals surface area contributed by atoms with Gasteiger partial charge in [-0.25, -0.2) is 9.59 Å². The number of rotatable bonds is 8. The van der Waals surface area contributed by atoms with Crippen LogP contribution in [0.1, 0.15) is 119 Å². The number of nitrogens with zero attached hydrogens (tertiary/aromatic N) is 1. The fourth-order valence-electron chi connectivity index (χ4n) is 13.7. The van der Waals surface area contributed by atoms with Gasteiger partial charge in [-0.1, -0.05) is 48.5 Å². The lowest BCUT2D eigenvalue weighted by atomic mass is 9.41. The maximum absolute atomic E-state index is 12.9. The number of aliphatic hydroxyl groups excluding tert-OH is 1. The number of amides is 2. The van der Waals surface area contributed by atoms with Gasteiger partial charge in [0.05, 0.1) is 18.3 Å². The number of ether oxygens (including phenoxy) is 3. The van der Waals surface area contributed by atoms with Crippen LogP contribution < -0.4 is 5.32 Å². The molecule has 0 aromatic heterocycles. The van der Waals surface area contributed by atoms with E-state index in [2.05, 4.69) is 53.8 Å². The van der Waals surface area contributed by atoms with E-state index in [4.69, 9.17) is 19.3 Å². The number of carbonyl (C=O) groups is 3. The molecule has 5 aliphatic carbocycles. The molecule has 7 rings (SSSR count). The van der Waals surface area contributed by atoms with Crippen LogP contribution in [0.25, 0.3) is 0 Å². The Morgan fingerprint density at radius 3 is 2.35 bits per heavy atom. The number of nitrogens with one attached hydrogen (secondary N) is 1. The van der Waals surface area contributed by atoms with Gasteiger partial charge in [-0.05, 0) is 110 Å². The minimum Gasteiger partial charge on any atom is -0.481 e. The second-order valence-electron chi connectivity index (χ2n) is 18.8. The summed E-state index contributed by atoms with van der Waals surface area (Å²) < 4.78 is 19.2. The third-order valence-electron chi connectivity index (χ3n) is 16.2. The largest absolute Gasteiger partial charge is 0.481 e. The molecule has 13 atom stereocenters. The first-order valence-electron chi connectivity index (χ1n) is 19.5. The number of hydrogen-bond donors (Lipinski definition) is 3. The van der Waals surface area contributed by atoms with Gasteiger partial charge in [-0.15, -0.1) is 0 Å². The average Bonchev–Trinajstić information content (AvgIpc) is 3.63. The number of carbonyl (C=O) groups excluding carboxylic acids is 2. The minimum absolute atomic E-state index is 0.0234. The zero-order chi connectivity index (χ0) is 35.3. The first-order chi connectivity index (χ1) is 23.0. The molecule has 7 aliphatic rings. The Morgan fingerprint density at radius 1 is 1.00 bits per heavy atom. The van der Waals surface area contributed by atoms with E-state index < -0.39 is 18.2 Å². The second kappa shape index (κ2) is 12.0. The van der Waals surface area contributed by atoms with E-state index in [9.17, 15) is 19.5 Å². The molecule has 2 amide bonds. The molecular weight excluding hydrogens is 624 g/mol. The van der Waals surface area contributed by atoms with Crippen LogP contribution >= 0.6 is 0 Å². The predicted octanol–water partition coefficient (Wildman–Crippen LogP) is 6.63. The molecule has 2 aliphatic heterocycles. The highest BCUT2D eigenvalue weighted by molar-refractivity contribution is 5.69. The lowest BCUT2D eigenvalue weighted by Gasteiger charge is -2.63. The van der Waals surface area contributed by atoms with E-state index in [1.807, 2.05) is 0 Å². The van der Waals surface area contributed by atoms with Crippen molar-refractivity contribution in [2.75, 3.05) is 19.6 Å². The summed E-state index contributed by atoms with van der Waals surface area (Å²) in [5, 5.41) is 24.3. The van der Waals surface area contributed by atoms with E-state index in [0.29, 0.717) is 30.7 Å². The Morgan fingerprint density at radius 2 is 1.69 bits per heavy atom. The molecule has 49 heavy (non-hydrogen) atoms. The summed E-state index contributed by atoms with van der Waals surface area (Å²) >= 11 is 0. The number of hydrogen-bond acceptors (Lipinski definition) is 7. The quantitative estimate of drug-likeness (QED) is 0.243. The molecule has 0 bridgehead atoms. The Kier molecular flexibility index (Phi) is 8.65. The zero-order valence-electron chi connectivity index (χ0n) is 31.0. The van der Waals surface area contributed by atoms with Crippen molar-refractivity contribution in [2.24, 2.45) is 56.7 Å². The third kappa shape index (κ3) is 5.02. The molecular formula is C39H62N2O8. The summed E-state index contributed by atoms with van der Waals surface area (Å²) in [5.74, 6) is 0.685. The Labute approximate surface area is 292 Å². The zero-order valence-corrected chi connectivity index (χ0v) is 31.0. The number of carboxylic acids is 1. The maximum atomic E-state index is 12.9. The summed E-state index contributed by atoms with van der Waals surface area (Å²) in [6.07, 6.45) is 7.43. The fourth-order valence-corrected chi connectivity index (χ4v) is 13.7. The standard InChI is InChI=1S/C39H62N2O8/c1-22(2)30(49-34(46)41-18-9-19-41)24-20-23(3)29-31(47-24)32(44)37(7)26-12-11-25-35(4,5)27(48-33(45)40-17-8-10-28(42)43)13-14-38(25)21-39(26,38)16-15-36(29,37)6/h22-27,29-32,44H,8-21H2,1-7H3,(H,40,45)(H,42,43)/t23-,24?,25+,26?,27?,29+,30-,31?,32+,36?,37-,38?,39?/m1/s1. The van der Waals surface area contributed by atoms with Crippen LogP contribution in [-0.2, 0) is 19.0 Å². The summed E-state index contributed by atoms with van der Waals surface area (Å²) in [6, 6.07) is 0. The monoisotopic (exact) mass is 686 g/mol. The van der Waals surface area contributed by atoms with Gasteiger partial charge in [0.1, 0.15) is 12.2 Å². The van der Waals surface area contributed by atoms with Crippen molar-refractivity contribution in [3.05, 3.63) is 0 Å². The molecule has 10 nitrogen and oxygen atoms in total. The summed E-state index contributed by atoms with van der Waals surface area (Å²) in [7, 11) is 0. The SMILES string of the molecule is CC(C)[C@@H](OC(=O)N1CCC1)C1C[C@@H](C)[C@H]2C(O1)[C@H](O)[C@@]1(C)C3CC[C@H]4C(C)(C)C(OC(=O)NCCCC(=O)O)CCC45CC35CCC21C.